The Bertz CT molecular complexity index is 186. The van der Waals surface area contributed by atoms with Crippen LogP contribution < -0.4 is 5.32 Å². The third-order valence-corrected chi connectivity index (χ3v) is 4.50. The van der Waals surface area contributed by atoms with E-state index in [0.717, 1.165) is 6.42 Å². The number of nitrogens with one attached hydrogen (secondary N) is 1. The summed E-state index contributed by atoms with van der Waals surface area (Å²) in [6.45, 7) is 7.78. The summed E-state index contributed by atoms with van der Waals surface area (Å²) in [7, 11) is 0.0447. The largest absolute Gasteiger partial charge is 0.453 e. The smallest absolute Gasteiger partial charge is 0.406 e. The number of ether oxygens (including phenoxy) is 1. The molecule has 1 amide bonds. The van der Waals surface area contributed by atoms with Crippen molar-refractivity contribution < 1.29 is 18.4 Å². The zero-order chi connectivity index (χ0) is 12.4. The van der Waals surface area contributed by atoms with Crippen LogP contribution in [-0.2, 0) is 13.6 Å². The van der Waals surface area contributed by atoms with Gasteiger partial charge in [-0.05, 0) is 20.3 Å². The van der Waals surface area contributed by atoms with Crippen molar-refractivity contribution in [2.75, 3.05) is 26.9 Å². The Morgan fingerprint density at radius 2 is 1.81 bits per heavy atom. The van der Waals surface area contributed by atoms with E-state index in [1.54, 1.807) is 0 Å². The van der Waals surface area contributed by atoms with Gasteiger partial charge in [0.15, 0.2) is 0 Å². The van der Waals surface area contributed by atoms with Crippen LogP contribution in [0.2, 0.25) is 5.54 Å². The van der Waals surface area contributed by atoms with E-state index in [2.05, 4.69) is 17.0 Å². The van der Waals surface area contributed by atoms with E-state index in [4.69, 9.17) is 8.85 Å². The van der Waals surface area contributed by atoms with Gasteiger partial charge in [0.2, 0.25) is 0 Å². The van der Waals surface area contributed by atoms with Crippen LogP contribution >= 0.6 is 0 Å². The highest BCUT2D eigenvalue weighted by Crippen LogP contribution is 2.16. The molecule has 1 radical (unpaired) electrons. The maximum atomic E-state index is 11.0. The lowest BCUT2D eigenvalue weighted by Crippen LogP contribution is -2.37. The SMILES string of the molecule is CCO[Si](OCC)C(CC)CNC(=O)OC. The van der Waals surface area contributed by atoms with Gasteiger partial charge in [0.1, 0.15) is 0 Å². The van der Waals surface area contributed by atoms with Crippen LogP contribution in [0.3, 0.4) is 0 Å². The normalized spacial score (nSPS) is 12.6. The van der Waals surface area contributed by atoms with Crippen molar-refractivity contribution in [1.82, 2.24) is 5.32 Å². The summed E-state index contributed by atoms with van der Waals surface area (Å²) in [5.74, 6) is 0. The van der Waals surface area contributed by atoms with Gasteiger partial charge in [0.05, 0.1) is 7.11 Å². The van der Waals surface area contributed by atoms with Gasteiger partial charge in [-0.25, -0.2) is 4.79 Å². The summed E-state index contributed by atoms with van der Waals surface area (Å²) < 4.78 is 15.7. The topological polar surface area (TPSA) is 56.8 Å². The van der Waals surface area contributed by atoms with Gasteiger partial charge in [0, 0.05) is 25.3 Å². The molecule has 0 heterocycles. The maximum Gasteiger partial charge on any atom is 0.406 e. The molecule has 0 saturated carbocycles. The van der Waals surface area contributed by atoms with E-state index in [-0.39, 0.29) is 5.54 Å². The predicted molar refractivity (Wildman–Crippen MR) is 63.5 cm³/mol. The Balaban J connectivity index is 4.13. The molecule has 6 heteroatoms. The van der Waals surface area contributed by atoms with Crippen molar-refractivity contribution in [2.45, 2.75) is 32.7 Å². The first-order valence-electron chi connectivity index (χ1n) is 5.63. The highest BCUT2D eigenvalue weighted by molar-refractivity contribution is 6.46. The van der Waals surface area contributed by atoms with Crippen LogP contribution in [0.15, 0.2) is 0 Å². The number of amides is 1. The average molecular weight is 248 g/mol. The molecule has 16 heavy (non-hydrogen) atoms. The molecule has 0 aromatic carbocycles. The number of alkyl carbamates (subject to hydrolysis) is 1. The van der Waals surface area contributed by atoms with Gasteiger partial charge in [-0.15, -0.1) is 0 Å². The average Bonchev–Trinajstić information content (AvgIpc) is 2.30. The van der Waals surface area contributed by atoms with Gasteiger partial charge in [-0.2, -0.15) is 0 Å². The summed E-state index contributed by atoms with van der Waals surface area (Å²) in [5.41, 5.74) is 0.240. The second kappa shape index (κ2) is 9.62. The Morgan fingerprint density at radius 3 is 2.19 bits per heavy atom. The summed E-state index contributed by atoms with van der Waals surface area (Å²) in [6, 6.07) is 0. The number of carbonyl (C=O) groups excluding carboxylic acids is 1. The van der Waals surface area contributed by atoms with Crippen LogP contribution in [0.5, 0.6) is 0 Å². The van der Waals surface area contributed by atoms with Crippen molar-refractivity contribution in [2.24, 2.45) is 0 Å². The van der Waals surface area contributed by atoms with E-state index in [1.165, 1.54) is 7.11 Å². The monoisotopic (exact) mass is 248 g/mol. The molecule has 0 bridgehead atoms. The van der Waals surface area contributed by atoms with Gasteiger partial charge in [-0.1, -0.05) is 6.92 Å². The van der Waals surface area contributed by atoms with Crippen molar-refractivity contribution in [3.63, 3.8) is 0 Å². The lowest BCUT2D eigenvalue weighted by Gasteiger charge is -2.22. The maximum absolute atomic E-state index is 11.0. The van der Waals surface area contributed by atoms with Crippen molar-refractivity contribution in [3.05, 3.63) is 0 Å². The third-order valence-electron chi connectivity index (χ3n) is 2.08. The lowest BCUT2D eigenvalue weighted by molar-refractivity contribution is 0.168. The van der Waals surface area contributed by atoms with Crippen LogP contribution in [-0.4, -0.2) is 42.2 Å². The summed E-state index contributed by atoms with van der Waals surface area (Å²) in [6.07, 6.45) is 0.506. The minimum absolute atomic E-state index is 0.240. The van der Waals surface area contributed by atoms with Crippen molar-refractivity contribution in [3.8, 4) is 0 Å². The number of carbonyl (C=O) groups is 1. The van der Waals surface area contributed by atoms with Crippen LogP contribution in [0.4, 0.5) is 4.79 Å². The number of rotatable bonds is 8. The predicted octanol–water partition coefficient (Wildman–Crippen LogP) is 1.68. The molecule has 5 nitrogen and oxygen atoms in total. The molecule has 1 N–H and O–H groups in total. The fourth-order valence-electron chi connectivity index (χ4n) is 1.23. The molecule has 0 fully saturated rings. The first kappa shape index (κ1) is 15.4. The van der Waals surface area contributed by atoms with Crippen molar-refractivity contribution in [1.29, 1.82) is 0 Å². The number of hydrogen-bond acceptors (Lipinski definition) is 4. The van der Waals surface area contributed by atoms with Crippen LogP contribution in [0.25, 0.3) is 0 Å². The van der Waals surface area contributed by atoms with E-state index >= 15 is 0 Å². The summed E-state index contributed by atoms with van der Waals surface area (Å²) >= 11 is 0. The zero-order valence-corrected chi connectivity index (χ0v) is 11.5. The van der Waals surface area contributed by atoms with Crippen molar-refractivity contribution >= 4 is 15.4 Å². The van der Waals surface area contributed by atoms with E-state index in [1.807, 2.05) is 13.8 Å². The standard InChI is InChI=1S/C10H22NO4Si/c1-5-9(8-11-10(12)13-4)16(14-6-2)15-7-3/h9H,5-8H2,1-4H3,(H,11,12). The Labute approximate surface area is 99.3 Å². The lowest BCUT2D eigenvalue weighted by atomic mass is 10.3. The van der Waals surface area contributed by atoms with Gasteiger partial charge >= 0.3 is 15.4 Å². The van der Waals surface area contributed by atoms with Gasteiger partial charge < -0.3 is 18.9 Å². The highest BCUT2D eigenvalue weighted by Gasteiger charge is 2.26. The minimum atomic E-state index is -1.31. The number of methoxy groups -OCH3 is 1. The van der Waals surface area contributed by atoms with E-state index in [9.17, 15) is 4.79 Å². The van der Waals surface area contributed by atoms with Gasteiger partial charge in [0.25, 0.3) is 0 Å². The Kier molecular flexibility index (Phi) is 9.26. The molecule has 0 spiro atoms. The fraction of sp³-hybridized carbons (Fsp3) is 0.900. The quantitative estimate of drug-likeness (QED) is 0.664. The minimum Gasteiger partial charge on any atom is -0.453 e. The first-order valence-corrected chi connectivity index (χ1v) is 7.03. The van der Waals surface area contributed by atoms with E-state index in [0.29, 0.717) is 19.8 Å². The molecule has 0 aromatic rings. The Hall–Kier alpha value is -0.593. The Morgan fingerprint density at radius 1 is 1.25 bits per heavy atom. The van der Waals surface area contributed by atoms with Crippen LogP contribution in [0.1, 0.15) is 27.2 Å². The van der Waals surface area contributed by atoms with E-state index < -0.39 is 15.4 Å². The molecule has 0 aromatic heterocycles. The van der Waals surface area contributed by atoms with Gasteiger partial charge in [-0.3, -0.25) is 0 Å². The number of hydrogen-bond donors (Lipinski definition) is 1. The third kappa shape index (κ3) is 6.09. The molecular weight excluding hydrogens is 226 g/mol. The molecular formula is C10H22NO4Si. The molecule has 95 valence electrons. The second-order valence-corrected chi connectivity index (χ2v) is 5.19. The molecule has 1 atom stereocenters. The molecule has 0 aliphatic carbocycles. The highest BCUT2D eigenvalue weighted by atomic mass is 28.3. The molecule has 0 rings (SSSR count). The molecule has 1 unspecified atom stereocenters. The summed E-state index contributed by atoms with van der Waals surface area (Å²) in [4.78, 5) is 11.0. The first-order chi connectivity index (χ1) is 7.69. The molecule has 0 saturated heterocycles. The zero-order valence-electron chi connectivity index (χ0n) is 10.5. The molecule has 0 aliphatic heterocycles. The second-order valence-electron chi connectivity index (χ2n) is 3.16. The van der Waals surface area contributed by atoms with Crippen LogP contribution in [0, 0.1) is 0 Å². The fourth-order valence-corrected chi connectivity index (χ4v) is 2.96. The molecule has 0 aliphatic rings. The summed E-state index contributed by atoms with van der Waals surface area (Å²) in [5, 5.41) is 2.68.